The fraction of sp³-hybridized carbons (Fsp3) is 0.0909. The summed E-state index contributed by atoms with van der Waals surface area (Å²) >= 11 is 0.696. The molecule has 4 nitrogen and oxygen atoms in total. The van der Waals surface area contributed by atoms with Crippen molar-refractivity contribution >= 4 is 17.3 Å². The molecule has 0 spiro atoms. The minimum atomic E-state index is -1.26. The van der Waals surface area contributed by atoms with Gasteiger partial charge in [-0.05, 0) is 12.1 Å². The summed E-state index contributed by atoms with van der Waals surface area (Å²) in [7, 11) is 0. The van der Waals surface area contributed by atoms with Gasteiger partial charge in [0.05, 0.1) is 11.3 Å². The molecule has 1 N–H and O–H groups in total. The number of aromatic nitrogens is 1. The Hall–Kier alpha value is -2.02. The minimum absolute atomic E-state index is 0.0667. The lowest BCUT2D eigenvalue weighted by atomic mass is 10.1. The van der Waals surface area contributed by atoms with Gasteiger partial charge in [-0.15, -0.1) is 0 Å². The summed E-state index contributed by atoms with van der Waals surface area (Å²) in [4.78, 5) is 21.5. The van der Waals surface area contributed by atoms with Crippen molar-refractivity contribution in [1.82, 2.24) is 4.57 Å². The lowest BCUT2D eigenvalue weighted by Gasteiger charge is -2.07. The smallest absolute Gasteiger partial charge is 0.323 e. The number of aliphatic carboxylic acids is 1. The van der Waals surface area contributed by atoms with Crippen molar-refractivity contribution in [3.63, 3.8) is 0 Å². The Morgan fingerprint density at radius 1 is 1.33 bits per heavy atom. The first-order valence-corrected chi connectivity index (χ1v) is 5.73. The average molecular weight is 271 g/mol. The Kier molecular flexibility index (Phi) is 3.24. The maximum atomic E-state index is 13.6. The van der Waals surface area contributed by atoms with Crippen molar-refractivity contribution in [2.45, 2.75) is 6.54 Å². The molecule has 0 fully saturated rings. The van der Waals surface area contributed by atoms with E-state index in [4.69, 9.17) is 5.11 Å². The summed E-state index contributed by atoms with van der Waals surface area (Å²) in [6, 6.07) is 3.29. The van der Waals surface area contributed by atoms with Crippen molar-refractivity contribution in [1.29, 1.82) is 0 Å². The number of hydrogen-bond acceptors (Lipinski definition) is 3. The second-order valence-electron chi connectivity index (χ2n) is 3.46. The third-order valence-corrected chi connectivity index (χ3v) is 3.06. The Balaban J connectivity index is 2.65. The first-order valence-electron chi connectivity index (χ1n) is 4.85. The topological polar surface area (TPSA) is 59.3 Å². The quantitative estimate of drug-likeness (QED) is 0.928. The molecule has 0 saturated carbocycles. The van der Waals surface area contributed by atoms with Crippen LogP contribution in [0.3, 0.4) is 0 Å². The SMILES string of the molecule is O=C(O)Cn1c(-c2c(F)cccc2F)csc1=O. The molecule has 1 aromatic heterocycles. The van der Waals surface area contributed by atoms with E-state index < -0.39 is 34.6 Å². The second-order valence-corrected chi connectivity index (χ2v) is 4.28. The number of hydrogen-bond donors (Lipinski definition) is 1. The van der Waals surface area contributed by atoms with Crippen LogP contribution in [0.5, 0.6) is 0 Å². The van der Waals surface area contributed by atoms with E-state index in [2.05, 4.69) is 0 Å². The summed E-state index contributed by atoms with van der Waals surface area (Å²) in [6.45, 7) is -0.633. The highest BCUT2D eigenvalue weighted by molar-refractivity contribution is 7.07. The fourth-order valence-electron chi connectivity index (χ4n) is 1.55. The van der Waals surface area contributed by atoms with Gasteiger partial charge < -0.3 is 5.11 Å². The third-order valence-electron chi connectivity index (χ3n) is 2.29. The lowest BCUT2D eigenvalue weighted by molar-refractivity contribution is -0.137. The molecule has 0 aliphatic heterocycles. The molecule has 0 aliphatic rings. The summed E-state index contributed by atoms with van der Waals surface area (Å²) in [5.74, 6) is -2.94. The van der Waals surface area contributed by atoms with Crippen LogP contribution in [-0.4, -0.2) is 15.6 Å². The summed E-state index contributed by atoms with van der Waals surface area (Å²) < 4.78 is 28.0. The van der Waals surface area contributed by atoms with Crippen LogP contribution < -0.4 is 4.87 Å². The predicted octanol–water partition coefficient (Wildman–Crippen LogP) is 1.94. The Bertz CT molecular complexity index is 642. The van der Waals surface area contributed by atoms with Crippen LogP contribution in [0.1, 0.15) is 0 Å². The number of rotatable bonds is 3. The Labute approximate surface area is 104 Å². The van der Waals surface area contributed by atoms with Gasteiger partial charge in [-0.1, -0.05) is 17.4 Å². The van der Waals surface area contributed by atoms with Gasteiger partial charge in [0.15, 0.2) is 0 Å². The molecule has 2 aromatic rings. The molecular weight excluding hydrogens is 264 g/mol. The molecule has 2 rings (SSSR count). The van der Waals surface area contributed by atoms with Crippen molar-refractivity contribution in [2.24, 2.45) is 0 Å². The van der Waals surface area contributed by atoms with Crippen LogP contribution >= 0.6 is 11.3 Å². The van der Waals surface area contributed by atoms with Gasteiger partial charge >= 0.3 is 10.8 Å². The summed E-state index contributed by atoms with van der Waals surface area (Å²) in [6.07, 6.45) is 0. The molecule has 0 aliphatic carbocycles. The number of halogens is 2. The van der Waals surface area contributed by atoms with Crippen LogP contribution in [-0.2, 0) is 11.3 Å². The van der Waals surface area contributed by atoms with E-state index in [1.807, 2.05) is 0 Å². The first-order chi connectivity index (χ1) is 8.50. The lowest BCUT2D eigenvalue weighted by Crippen LogP contribution is -2.20. The zero-order chi connectivity index (χ0) is 13.3. The molecule has 0 radical (unpaired) electrons. The highest BCUT2D eigenvalue weighted by Crippen LogP contribution is 2.26. The third kappa shape index (κ3) is 2.17. The normalized spacial score (nSPS) is 10.6. The highest BCUT2D eigenvalue weighted by Gasteiger charge is 2.18. The maximum absolute atomic E-state index is 13.6. The van der Waals surface area contributed by atoms with Crippen LogP contribution in [0.2, 0.25) is 0 Å². The molecule has 0 saturated heterocycles. The van der Waals surface area contributed by atoms with Crippen LogP contribution in [0.15, 0.2) is 28.4 Å². The molecule has 94 valence electrons. The molecule has 1 heterocycles. The van der Waals surface area contributed by atoms with Crippen molar-refractivity contribution in [2.75, 3.05) is 0 Å². The van der Waals surface area contributed by atoms with E-state index in [0.717, 1.165) is 16.7 Å². The van der Waals surface area contributed by atoms with Gasteiger partial charge in [-0.2, -0.15) is 0 Å². The molecule has 0 amide bonds. The van der Waals surface area contributed by atoms with Crippen molar-refractivity contribution < 1.29 is 18.7 Å². The number of nitrogens with zero attached hydrogens (tertiary/aromatic N) is 1. The van der Waals surface area contributed by atoms with E-state index in [1.165, 1.54) is 11.4 Å². The largest absolute Gasteiger partial charge is 0.480 e. The molecule has 18 heavy (non-hydrogen) atoms. The zero-order valence-electron chi connectivity index (χ0n) is 8.89. The zero-order valence-corrected chi connectivity index (χ0v) is 9.71. The molecular formula is C11H7F2NO3S. The molecule has 0 atom stereocenters. The number of thiazole rings is 1. The first kappa shape index (κ1) is 12.4. The number of carbonyl (C=O) groups is 1. The molecule has 7 heteroatoms. The number of carboxylic acid groups (broad SMARTS) is 1. The molecule has 0 unspecified atom stereocenters. The number of benzene rings is 1. The van der Waals surface area contributed by atoms with Crippen molar-refractivity contribution in [3.05, 3.63) is 44.9 Å². The van der Waals surface area contributed by atoms with Crippen LogP contribution in [0.4, 0.5) is 8.78 Å². The Morgan fingerprint density at radius 2 is 1.94 bits per heavy atom. The van der Waals surface area contributed by atoms with Gasteiger partial charge in [0.25, 0.3) is 0 Å². The second kappa shape index (κ2) is 4.69. The summed E-state index contributed by atoms with van der Waals surface area (Å²) in [5, 5.41) is 9.92. The van der Waals surface area contributed by atoms with Gasteiger partial charge in [0.1, 0.15) is 18.2 Å². The highest BCUT2D eigenvalue weighted by atomic mass is 32.1. The van der Waals surface area contributed by atoms with E-state index in [0.29, 0.717) is 11.3 Å². The van der Waals surface area contributed by atoms with Gasteiger partial charge in [-0.25, -0.2) is 8.78 Å². The maximum Gasteiger partial charge on any atom is 0.323 e. The van der Waals surface area contributed by atoms with Crippen LogP contribution in [0.25, 0.3) is 11.3 Å². The van der Waals surface area contributed by atoms with Crippen LogP contribution in [0, 0.1) is 11.6 Å². The molecule has 1 aromatic carbocycles. The predicted molar refractivity (Wildman–Crippen MR) is 61.6 cm³/mol. The molecule has 0 bridgehead atoms. The fourth-order valence-corrected chi connectivity index (χ4v) is 2.30. The van der Waals surface area contributed by atoms with Gasteiger partial charge in [0, 0.05) is 5.38 Å². The Morgan fingerprint density at radius 3 is 2.50 bits per heavy atom. The monoisotopic (exact) mass is 271 g/mol. The van der Waals surface area contributed by atoms with E-state index in [9.17, 15) is 18.4 Å². The summed E-state index contributed by atoms with van der Waals surface area (Å²) in [5.41, 5.74) is -0.458. The average Bonchev–Trinajstić information content (AvgIpc) is 2.61. The van der Waals surface area contributed by atoms with Gasteiger partial charge in [-0.3, -0.25) is 14.2 Å². The number of carboxylic acids is 1. The minimum Gasteiger partial charge on any atom is -0.480 e. The van der Waals surface area contributed by atoms with Gasteiger partial charge in [0.2, 0.25) is 0 Å². The van der Waals surface area contributed by atoms with Crippen molar-refractivity contribution in [3.8, 4) is 11.3 Å². The van der Waals surface area contributed by atoms with E-state index in [-0.39, 0.29) is 5.69 Å². The van der Waals surface area contributed by atoms with E-state index in [1.54, 1.807) is 0 Å². The standard InChI is InChI=1S/C11H7F2NO3S/c12-6-2-1-3-7(13)10(6)8-5-18-11(17)14(8)4-9(15)16/h1-3,5H,4H2,(H,15,16). The van der Waals surface area contributed by atoms with E-state index >= 15 is 0 Å².